The molecule has 1 N–H and O–H groups in total. The summed E-state index contributed by atoms with van der Waals surface area (Å²) in [5.41, 5.74) is 3.28. The maximum Gasteiger partial charge on any atom is 0.266 e. The zero-order chi connectivity index (χ0) is 25.7. The van der Waals surface area contributed by atoms with Crippen molar-refractivity contribution >= 4 is 73.5 Å². The lowest BCUT2D eigenvalue weighted by atomic mass is 9.96. The van der Waals surface area contributed by atoms with Gasteiger partial charge in [-0.2, -0.15) is 15.8 Å². The molecular formula is C27H18I2N4O2S. The molecular weight excluding hydrogens is 698 g/mol. The van der Waals surface area contributed by atoms with Crippen LogP contribution in [-0.4, -0.2) is 5.91 Å². The highest BCUT2D eigenvalue weighted by molar-refractivity contribution is 14.1. The van der Waals surface area contributed by atoms with Crippen molar-refractivity contribution in [1.29, 1.82) is 15.8 Å². The number of carbonyl (C=O) groups excluding carboxylic acids is 1. The van der Waals surface area contributed by atoms with Crippen molar-refractivity contribution < 1.29 is 9.53 Å². The Balaban J connectivity index is 1.64. The number of nitrogens with zero attached hydrogens (tertiary/aromatic N) is 3. The van der Waals surface area contributed by atoms with Gasteiger partial charge in [0.05, 0.1) is 20.8 Å². The lowest BCUT2D eigenvalue weighted by molar-refractivity contribution is -0.112. The Morgan fingerprint density at radius 3 is 2.64 bits per heavy atom. The van der Waals surface area contributed by atoms with Crippen LogP contribution in [0.4, 0.5) is 5.00 Å². The highest BCUT2D eigenvalue weighted by Gasteiger charge is 2.23. The van der Waals surface area contributed by atoms with Gasteiger partial charge in [-0.05, 0) is 101 Å². The van der Waals surface area contributed by atoms with Gasteiger partial charge in [0.15, 0.2) is 0 Å². The molecule has 0 unspecified atom stereocenters. The van der Waals surface area contributed by atoms with Crippen LogP contribution in [0, 0.1) is 41.1 Å². The number of ether oxygens (including phenoxy) is 1. The number of nitrogens with one attached hydrogen (secondary N) is 1. The van der Waals surface area contributed by atoms with Crippen LogP contribution in [0.3, 0.4) is 0 Å². The first-order valence-corrected chi connectivity index (χ1v) is 14.0. The fourth-order valence-corrected chi connectivity index (χ4v) is 7.27. The number of hydrogen-bond acceptors (Lipinski definition) is 6. The van der Waals surface area contributed by atoms with E-state index in [1.54, 1.807) is 12.1 Å². The number of benzene rings is 2. The number of halogens is 2. The van der Waals surface area contributed by atoms with Gasteiger partial charge in [-0.25, -0.2) is 0 Å². The van der Waals surface area contributed by atoms with Crippen LogP contribution >= 0.6 is 56.5 Å². The molecule has 1 amide bonds. The molecule has 3 aromatic rings. The Morgan fingerprint density at radius 1 is 1.11 bits per heavy atom. The van der Waals surface area contributed by atoms with Crippen molar-refractivity contribution in [3.63, 3.8) is 0 Å². The van der Waals surface area contributed by atoms with Gasteiger partial charge < -0.3 is 10.1 Å². The average Bonchev–Trinajstić information content (AvgIpc) is 3.23. The van der Waals surface area contributed by atoms with Crippen molar-refractivity contribution in [1.82, 2.24) is 0 Å². The van der Waals surface area contributed by atoms with E-state index >= 15 is 0 Å². The number of thiophene rings is 1. The number of carbonyl (C=O) groups is 1. The van der Waals surface area contributed by atoms with Crippen LogP contribution in [-0.2, 0) is 24.2 Å². The predicted molar refractivity (Wildman–Crippen MR) is 155 cm³/mol. The molecule has 4 rings (SSSR count). The molecule has 0 saturated carbocycles. The summed E-state index contributed by atoms with van der Waals surface area (Å²) in [6, 6.07) is 17.4. The van der Waals surface area contributed by atoms with Gasteiger partial charge >= 0.3 is 0 Å². The first-order chi connectivity index (χ1) is 17.4. The third-order valence-corrected chi connectivity index (χ3v) is 8.35. The second kappa shape index (κ2) is 11.9. The minimum absolute atomic E-state index is 0.0923. The van der Waals surface area contributed by atoms with Gasteiger partial charge in [0.1, 0.15) is 35.1 Å². The highest BCUT2D eigenvalue weighted by atomic mass is 127. The summed E-state index contributed by atoms with van der Waals surface area (Å²) in [5.74, 6) is -0.0455. The van der Waals surface area contributed by atoms with Crippen LogP contribution < -0.4 is 10.1 Å². The van der Waals surface area contributed by atoms with E-state index in [2.05, 4.69) is 62.6 Å². The Kier molecular flexibility index (Phi) is 8.63. The van der Waals surface area contributed by atoms with Gasteiger partial charge in [-0.3, -0.25) is 4.79 Å². The molecule has 0 saturated heterocycles. The third kappa shape index (κ3) is 5.73. The van der Waals surface area contributed by atoms with Gasteiger partial charge in [0.2, 0.25) is 0 Å². The van der Waals surface area contributed by atoms with Crippen LogP contribution in [0.2, 0.25) is 0 Å². The van der Waals surface area contributed by atoms with Gasteiger partial charge in [-0.1, -0.05) is 18.2 Å². The molecule has 2 aromatic carbocycles. The maximum absolute atomic E-state index is 13.1. The van der Waals surface area contributed by atoms with Crippen molar-refractivity contribution in [2.45, 2.75) is 32.3 Å². The second-order valence-electron chi connectivity index (χ2n) is 8.01. The largest absolute Gasteiger partial charge is 0.487 e. The highest BCUT2D eigenvalue weighted by Crippen LogP contribution is 2.38. The topological polar surface area (TPSA) is 110 Å². The molecule has 9 heteroatoms. The summed E-state index contributed by atoms with van der Waals surface area (Å²) < 4.78 is 7.83. The summed E-state index contributed by atoms with van der Waals surface area (Å²) in [6.45, 7) is 0.168. The number of rotatable bonds is 6. The molecule has 1 aromatic heterocycles. The number of anilines is 1. The summed E-state index contributed by atoms with van der Waals surface area (Å²) in [6.07, 6.45) is 5.35. The molecule has 0 radical (unpaired) electrons. The predicted octanol–water partition coefficient (Wildman–Crippen LogP) is 6.70. The monoisotopic (exact) mass is 716 g/mol. The Bertz CT molecular complexity index is 1510. The average molecular weight is 716 g/mol. The summed E-state index contributed by atoms with van der Waals surface area (Å²) in [4.78, 5) is 14.2. The molecule has 0 aliphatic heterocycles. The van der Waals surface area contributed by atoms with Crippen molar-refractivity contribution in [2.75, 3.05) is 5.32 Å². The quantitative estimate of drug-likeness (QED) is 0.174. The van der Waals surface area contributed by atoms with Crippen LogP contribution in [0.25, 0.3) is 6.08 Å². The lowest BCUT2D eigenvalue weighted by Crippen LogP contribution is -2.13. The van der Waals surface area contributed by atoms with E-state index in [4.69, 9.17) is 4.74 Å². The third-order valence-electron chi connectivity index (χ3n) is 5.72. The SMILES string of the molecule is N#C/C(=C\c1cc(I)cc(I)c1OCc1ccccc1C#N)C(=O)Nc1sc2c(c1C#N)CCCC2. The fraction of sp³-hybridized carbons (Fsp3) is 0.185. The summed E-state index contributed by atoms with van der Waals surface area (Å²) >= 11 is 5.75. The van der Waals surface area contributed by atoms with Crippen molar-refractivity contribution in [2.24, 2.45) is 0 Å². The molecule has 36 heavy (non-hydrogen) atoms. The van der Waals surface area contributed by atoms with Gasteiger partial charge in [0, 0.05) is 19.6 Å². The van der Waals surface area contributed by atoms with Crippen molar-refractivity contribution in [3.05, 3.63) is 81.8 Å². The zero-order valence-electron chi connectivity index (χ0n) is 18.9. The summed E-state index contributed by atoms with van der Waals surface area (Å²) in [7, 11) is 0. The van der Waals surface area contributed by atoms with Crippen LogP contribution in [0.1, 0.15) is 45.5 Å². The Morgan fingerprint density at radius 2 is 1.89 bits per heavy atom. The molecule has 1 aliphatic carbocycles. The maximum atomic E-state index is 13.1. The van der Waals surface area contributed by atoms with E-state index in [0.29, 0.717) is 27.4 Å². The van der Waals surface area contributed by atoms with E-state index in [1.165, 1.54) is 17.4 Å². The van der Waals surface area contributed by atoms with Crippen molar-refractivity contribution in [3.8, 4) is 24.0 Å². The standard InChI is InChI=1S/C27H18I2N4O2S/c28-20-10-18(25(23(29)11-20)35-15-17-6-2-1-5-16(17)12-30)9-19(13-31)26(34)33-27-22(14-32)21-7-3-4-8-24(21)36-27/h1-2,5-6,9-11H,3-4,7-8,15H2,(H,33,34)/b19-9+. The lowest BCUT2D eigenvalue weighted by Gasteiger charge is -2.13. The number of hydrogen-bond donors (Lipinski definition) is 1. The van der Waals surface area contributed by atoms with Crippen LogP contribution in [0.15, 0.2) is 42.0 Å². The van der Waals surface area contributed by atoms with E-state index in [1.807, 2.05) is 30.3 Å². The summed E-state index contributed by atoms with van der Waals surface area (Å²) in [5, 5.41) is 32.2. The normalized spacial score (nSPS) is 12.6. The van der Waals surface area contributed by atoms with E-state index in [0.717, 1.165) is 48.8 Å². The molecule has 0 spiro atoms. The molecule has 0 atom stereocenters. The fourth-order valence-electron chi connectivity index (χ4n) is 3.99. The van der Waals surface area contributed by atoms with Gasteiger partial charge in [0.25, 0.3) is 5.91 Å². The Labute approximate surface area is 240 Å². The molecule has 178 valence electrons. The van der Waals surface area contributed by atoms with E-state index in [9.17, 15) is 20.6 Å². The minimum Gasteiger partial charge on any atom is -0.487 e. The molecule has 0 fully saturated rings. The first-order valence-electron chi connectivity index (χ1n) is 11.0. The number of nitriles is 3. The number of aryl methyl sites for hydroxylation is 1. The molecule has 6 nitrogen and oxygen atoms in total. The number of fused-ring (bicyclic) bond motifs is 1. The Hall–Kier alpha value is -2.92. The van der Waals surface area contributed by atoms with Crippen LogP contribution in [0.5, 0.6) is 5.75 Å². The second-order valence-corrected chi connectivity index (χ2v) is 11.5. The molecule has 0 bridgehead atoms. The first kappa shape index (κ1) is 26.2. The molecule has 1 aliphatic rings. The zero-order valence-corrected chi connectivity index (χ0v) is 24.0. The van der Waals surface area contributed by atoms with E-state index in [-0.39, 0.29) is 12.2 Å². The minimum atomic E-state index is -0.567. The number of amides is 1. The molecule has 1 heterocycles. The van der Waals surface area contributed by atoms with Gasteiger partial charge in [-0.15, -0.1) is 11.3 Å². The smallest absolute Gasteiger partial charge is 0.266 e. The van der Waals surface area contributed by atoms with E-state index < -0.39 is 5.91 Å².